The van der Waals surface area contributed by atoms with Gasteiger partial charge in [0, 0.05) is 0 Å². The molecule has 0 aliphatic carbocycles. The smallest absolute Gasteiger partial charge is 0.0353 e. The van der Waals surface area contributed by atoms with Crippen LogP contribution in [0.1, 0.15) is 6.92 Å². The van der Waals surface area contributed by atoms with E-state index in [0.717, 1.165) is 0 Å². The fraction of sp³-hybridized carbons (Fsp3) is 0.167. The van der Waals surface area contributed by atoms with Crippen LogP contribution in [0.4, 0.5) is 0 Å². The van der Waals surface area contributed by atoms with Crippen LogP contribution in [0.15, 0.2) is 24.5 Å². The molecule has 0 saturated heterocycles. The van der Waals surface area contributed by atoms with Crippen molar-refractivity contribution in [2.24, 2.45) is 0 Å². The van der Waals surface area contributed by atoms with Crippen molar-refractivity contribution >= 4 is 14.0 Å². The predicted molar refractivity (Wildman–Crippen MR) is 38.0 cm³/mol. The highest BCUT2D eigenvalue weighted by molar-refractivity contribution is 7.42. The number of hydrogen-bond donors (Lipinski definition) is 0. The highest BCUT2D eigenvalue weighted by atomic mass is 31.1. The van der Waals surface area contributed by atoms with Gasteiger partial charge in [0.25, 0.3) is 0 Å². The normalized spacial score (nSPS) is 11.0. The van der Waals surface area contributed by atoms with Gasteiger partial charge in [-0.15, -0.1) is 0 Å². The summed E-state index contributed by atoms with van der Waals surface area (Å²) in [5.74, 6) is 4.04. The largest absolute Gasteiger partial charge is 0.0987 e. The molecule has 0 aliphatic rings. The maximum Gasteiger partial charge on any atom is -0.0353 e. The van der Waals surface area contributed by atoms with E-state index in [1.807, 2.05) is 18.8 Å². The van der Waals surface area contributed by atoms with Crippen molar-refractivity contribution in [1.29, 1.82) is 0 Å². The molecule has 0 aromatic rings. The predicted octanol–water partition coefficient (Wildman–Crippen LogP) is 2.45. The molecule has 1 heteroatoms. The average molecular weight is 112 g/mol. The van der Waals surface area contributed by atoms with Crippen LogP contribution >= 0.6 is 8.20 Å². The first-order valence-electron chi connectivity index (χ1n) is 2.17. The van der Waals surface area contributed by atoms with E-state index in [9.17, 15) is 0 Å². The van der Waals surface area contributed by atoms with Crippen LogP contribution < -0.4 is 0 Å². The van der Waals surface area contributed by atoms with Crippen molar-refractivity contribution in [2.45, 2.75) is 6.92 Å². The summed E-state index contributed by atoms with van der Waals surface area (Å²) in [6.07, 6.45) is 3.81. The van der Waals surface area contributed by atoms with E-state index in [-0.39, 0.29) is 0 Å². The Kier molecular flexibility index (Phi) is 5.37. The molecule has 38 valence electrons. The fourth-order valence-corrected chi connectivity index (χ4v) is 0.590. The van der Waals surface area contributed by atoms with Gasteiger partial charge in [-0.2, -0.15) is 0 Å². The van der Waals surface area contributed by atoms with Crippen LogP contribution in [-0.2, 0) is 0 Å². The lowest BCUT2D eigenvalue weighted by Gasteiger charge is -1.64. The van der Waals surface area contributed by atoms with Crippen LogP contribution in [0, 0.1) is 0 Å². The van der Waals surface area contributed by atoms with E-state index < -0.39 is 0 Å². The monoisotopic (exact) mass is 112 g/mol. The quantitative estimate of drug-likeness (QED) is 0.481. The third-order valence-corrected chi connectivity index (χ3v) is 1.28. The molecule has 0 unspecified atom stereocenters. The molecule has 0 aliphatic heterocycles. The van der Waals surface area contributed by atoms with Gasteiger partial charge in [-0.05, 0) is 18.5 Å². The number of allylic oxidation sites excluding steroid dienone is 2. The Morgan fingerprint density at radius 1 is 1.57 bits per heavy atom. The molecule has 0 nitrogen and oxygen atoms in total. The lowest BCUT2D eigenvalue weighted by Crippen LogP contribution is -1.43. The van der Waals surface area contributed by atoms with Gasteiger partial charge >= 0.3 is 0 Å². The fourth-order valence-electron chi connectivity index (χ4n) is 0.197. The molecule has 7 heavy (non-hydrogen) atoms. The first-order chi connectivity index (χ1) is 3.41. The van der Waals surface area contributed by atoms with Crippen molar-refractivity contribution in [1.82, 2.24) is 0 Å². The minimum atomic E-state index is 1.22. The number of hydrogen-bond acceptors (Lipinski definition) is 0. The van der Waals surface area contributed by atoms with Gasteiger partial charge in [-0.3, -0.25) is 0 Å². The van der Waals surface area contributed by atoms with Gasteiger partial charge in [0.2, 0.25) is 0 Å². The van der Waals surface area contributed by atoms with Gasteiger partial charge in [0.05, 0.1) is 0 Å². The van der Waals surface area contributed by atoms with Gasteiger partial charge in [-0.25, -0.2) is 0 Å². The molecule has 0 amide bonds. The van der Waals surface area contributed by atoms with E-state index in [4.69, 9.17) is 0 Å². The van der Waals surface area contributed by atoms with E-state index in [1.165, 1.54) is 8.20 Å². The Balaban J connectivity index is 3.27. The van der Waals surface area contributed by atoms with Gasteiger partial charge in [-0.1, -0.05) is 26.9 Å². The Bertz CT molecular complexity index is 90.4. The van der Waals surface area contributed by atoms with E-state index in [2.05, 4.69) is 12.4 Å². The second-order valence-corrected chi connectivity index (χ2v) is 1.91. The van der Waals surface area contributed by atoms with Crippen molar-refractivity contribution < 1.29 is 0 Å². The maximum absolute atomic E-state index is 3.54. The summed E-state index contributed by atoms with van der Waals surface area (Å²) in [6, 6.07) is 0. The summed E-state index contributed by atoms with van der Waals surface area (Å²) in [5, 5.41) is 0. The lowest BCUT2D eigenvalue weighted by molar-refractivity contribution is 1.79. The maximum atomic E-state index is 3.54. The molecule has 0 spiro atoms. The Hall–Kier alpha value is -0.350. The molecule has 0 heterocycles. The molecular weight excluding hydrogens is 103 g/mol. The standard InChI is InChI=1S/C6H9P/c1-3-5-7-6-4-2/h3-6H,1H2,2H3/b6-4-. The molecule has 0 bridgehead atoms. The molecule has 0 aromatic carbocycles. The zero-order valence-electron chi connectivity index (χ0n) is 4.46. The van der Waals surface area contributed by atoms with Crippen molar-refractivity contribution in [3.05, 3.63) is 24.5 Å². The first kappa shape index (κ1) is 6.65. The van der Waals surface area contributed by atoms with Crippen molar-refractivity contribution in [3.63, 3.8) is 0 Å². The summed E-state index contributed by atoms with van der Waals surface area (Å²) >= 11 is 0. The summed E-state index contributed by atoms with van der Waals surface area (Å²) in [4.78, 5) is 0. The third-order valence-electron chi connectivity index (χ3n) is 0.427. The van der Waals surface area contributed by atoms with E-state index >= 15 is 0 Å². The summed E-state index contributed by atoms with van der Waals surface area (Å²) < 4.78 is 0. The molecule has 0 aromatic heterocycles. The molecule has 0 radical (unpaired) electrons. The average Bonchev–Trinajstić information content (AvgIpc) is 1.69. The number of rotatable bonds is 2. The van der Waals surface area contributed by atoms with Gasteiger partial charge < -0.3 is 0 Å². The highest BCUT2D eigenvalue weighted by Crippen LogP contribution is 1.93. The second-order valence-electron chi connectivity index (χ2n) is 1.02. The second kappa shape index (κ2) is 5.65. The van der Waals surface area contributed by atoms with Gasteiger partial charge in [0.15, 0.2) is 0 Å². The topological polar surface area (TPSA) is 0 Å². The lowest BCUT2D eigenvalue weighted by atomic mass is 10.8. The van der Waals surface area contributed by atoms with Crippen molar-refractivity contribution in [2.75, 3.05) is 0 Å². The molecule has 0 rings (SSSR count). The minimum absolute atomic E-state index is 1.22. The molecule has 0 atom stereocenters. The van der Waals surface area contributed by atoms with E-state index in [1.54, 1.807) is 6.08 Å². The molecule has 0 fully saturated rings. The Morgan fingerprint density at radius 2 is 2.29 bits per heavy atom. The van der Waals surface area contributed by atoms with Crippen LogP contribution in [0.2, 0.25) is 0 Å². The molecular formula is C6H9P. The van der Waals surface area contributed by atoms with Crippen LogP contribution in [0.25, 0.3) is 0 Å². The summed E-state index contributed by atoms with van der Waals surface area (Å²) in [5.41, 5.74) is 0. The first-order valence-corrected chi connectivity index (χ1v) is 3.20. The van der Waals surface area contributed by atoms with Crippen LogP contribution in [-0.4, -0.2) is 5.80 Å². The third kappa shape index (κ3) is 5.65. The summed E-state index contributed by atoms with van der Waals surface area (Å²) in [7, 11) is 1.22. The Labute approximate surface area is 46.4 Å². The zero-order valence-corrected chi connectivity index (χ0v) is 5.36. The van der Waals surface area contributed by atoms with E-state index in [0.29, 0.717) is 0 Å². The SMILES string of the molecule is C=CC=P/C=C\C. The zero-order chi connectivity index (χ0) is 5.54. The molecule has 0 N–H and O–H groups in total. The van der Waals surface area contributed by atoms with Crippen LogP contribution in [0.5, 0.6) is 0 Å². The summed E-state index contributed by atoms with van der Waals surface area (Å²) in [6.45, 7) is 5.54. The van der Waals surface area contributed by atoms with Crippen LogP contribution in [0.3, 0.4) is 0 Å². The minimum Gasteiger partial charge on any atom is -0.0987 e. The molecule has 0 saturated carbocycles. The Morgan fingerprint density at radius 3 is 2.71 bits per heavy atom. The van der Waals surface area contributed by atoms with Crippen molar-refractivity contribution in [3.8, 4) is 0 Å². The van der Waals surface area contributed by atoms with Gasteiger partial charge in [0.1, 0.15) is 0 Å². The highest BCUT2D eigenvalue weighted by Gasteiger charge is 1.53.